The van der Waals surface area contributed by atoms with Crippen molar-refractivity contribution in [3.05, 3.63) is 60.8 Å². The third-order valence-electron chi connectivity index (χ3n) is 13.5. The summed E-state index contributed by atoms with van der Waals surface area (Å²) in [5, 5.41) is 0. The average Bonchev–Trinajstić information content (AvgIpc) is 3.37. The van der Waals surface area contributed by atoms with E-state index in [2.05, 4.69) is 81.5 Å². The summed E-state index contributed by atoms with van der Waals surface area (Å²) < 4.78 is 16.9. The molecular weight excluding hydrogens is 877 g/mol. The number of rotatable bonds is 56. The van der Waals surface area contributed by atoms with Crippen LogP contribution in [0.4, 0.5) is 0 Å². The lowest BCUT2D eigenvalue weighted by molar-refractivity contribution is -0.167. The zero-order valence-electron chi connectivity index (χ0n) is 47.2. The second-order valence-corrected chi connectivity index (χ2v) is 20.6. The summed E-state index contributed by atoms with van der Waals surface area (Å²) in [4.78, 5) is 38.1. The van der Waals surface area contributed by atoms with Crippen LogP contribution in [0.15, 0.2) is 60.8 Å². The topological polar surface area (TPSA) is 78.9 Å². The summed E-state index contributed by atoms with van der Waals surface area (Å²) in [6.45, 7) is 6.62. The second kappa shape index (κ2) is 59.7. The smallest absolute Gasteiger partial charge is 0.306 e. The molecule has 0 N–H and O–H groups in total. The highest BCUT2D eigenvalue weighted by molar-refractivity contribution is 5.71. The van der Waals surface area contributed by atoms with E-state index >= 15 is 0 Å². The van der Waals surface area contributed by atoms with Crippen molar-refractivity contribution in [3.63, 3.8) is 0 Å². The number of allylic oxidation sites excluding steroid dienone is 10. The SMILES string of the molecule is CCCCCCC/C=C\C/C=C\C/C=C\CCCCCCCCC(=O)OC(COC(=O)CCCCCCCCCCC)COC(=O)CCCCCCCCCCCCC/C=C\C/C=C\CCCCCCC. The summed E-state index contributed by atoms with van der Waals surface area (Å²) in [6, 6.07) is 0. The molecule has 0 aromatic heterocycles. The summed E-state index contributed by atoms with van der Waals surface area (Å²) in [5.74, 6) is -0.882. The van der Waals surface area contributed by atoms with Crippen molar-refractivity contribution < 1.29 is 28.6 Å². The predicted molar refractivity (Wildman–Crippen MR) is 307 cm³/mol. The van der Waals surface area contributed by atoms with Gasteiger partial charge in [0.1, 0.15) is 13.2 Å². The monoisotopic (exact) mass is 993 g/mol. The highest BCUT2D eigenvalue weighted by Crippen LogP contribution is 2.16. The molecule has 1 unspecified atom stereocenters. The van der Waals surface area contributed by atoms with Crippen molar-refractivity contribution in [2.24, 2.45) is 0 Å². The van der Waals surface area contributed by atoms with Gasteiger partial charge in [-0.15, -0.1) is 0 Å². The van der Waals surface area contributed by atoms with Gasteiger partial charge in [0.2, 0.25) is 0 Å². The van der Waals surface area contributed by atoms with E-state index in [1.54, 1.807) is 0 Å². The molecule has 0 fully saturated rings. The van der Waals surface area contributed by atoms with Gasteiger partial charge < -0.3 is 14.2 Å². The molecule has 0 saturated heterocycles. The quantitative estimate of drug-likeness (QED) is 0.0261. The first-order chi connectivity index (χ1) is 35.0. The molecule has 0 aliphatic heterocycles. The van der Waals surface area contributed by atoms with Gasteiger partial charge in [-0.25, -0.2) is 0 Å². The number of ether oxygens (including phenoxy) is 3. The van der Waals surface area contributed by atoms with Gasteiger partial charge in [0.25, 0.3) is 0 Å². The molecule has 0 aliphatic carbocycles. The molecule has 412 valence electrons. The Balaban J connectivity index is 4.25. The maximum absolute atomic E-state index is 12.9. The number of carbonyl (C=O) groups excluding carboxylic acids is 3. The minimum absolute atomic E-state index is 0.0779. The zero-order valence-corrected chi connectivity index (χ0v) is 47.2. The van der Waals surface area contributed by atoms with E-state index in [0.29, 0.717) is 19.3 Å². The summed E-state index contributed by atoms with van der Waals surface area (Å²) >= 11 is 0. The maximum Gasteiger partial charge on any atom is 0.306 e. The van der Waals surface area contributed by atoms with Crippen LogP contribution in [0, 0.1) is 0 Å². The fourth-order valence-corrected chi connectivity index (χ4v) is 8.83. The van der Waals surface area contributed by atoms with Gasteiger partial charge in [0.05, 0.1) is 0 Å². The van der Waals surface area contributed by atoms with Crippen LogP contribution in [-0.2, 0) is 28.6 Å². The largest absolute Gasteiger partial charge is 0.462 e. The standard InChI is InChI=1S/C65H116O6/c1-4-7-10-13-16-19-21-23-25-27-29-31-32-34-35-37-39-41-43-46-49-52-55-58-64(67)70-61-62(60-69-63(66)57-54-51-48-45-18-15-12-9-6-3)71-65(68)59-56-53-50-47-44-42-40-38-36-33-30-28-26-24-22-20-17-14-11-8-5-2/h21-24,27-30,36,38,62H,4-20,25-26,31-35,37,39-61H2,1-3H3/b23-21-,24-22-,29-27-,30-28-,38-36-. The molecule has 0 spiro atoms. The van der Waals surface area contributed by atoms with Gasteiger partial charge >= 0.3 is 17.9 Å². The van der Waals surface area contributed by atoms with Crippen molar-refractivity contribution in [1.82, 2.24) is 0 Å². The molecule has 0 rings (SSSR count). The molecule has 0 amide bonds. The molecule has 1 atom stereocenters. The van der Waals surface area contributed by atoms with E-state index in [0.717, 1.165) is 89.9 Å². The summed E-state index contributed by atoms with van der Waals surface area (Å²) in [7, 11) is 0. The molecule has 6 nitrogen and oxygen atoms in total. The lowest BCUT2D eigenvalue weighted by Crippen LogP contribution is -2.30. The molecule has 0 aromatic carbocycles. The van der Waals surface area contributed by atoms with E-state index in [4.69, 9.17) is 14.2 Å². The fourth-order valence-electron chi connectivity index (χ4n) is 8.83. The molecule has 0 radical (unpaired) electrons. The Kier molecular flexibility index (Phi) is 57.2. The van der Waals surface area contributed by atoms with E-state index in [1.165, 1.54) is 186 Å². The number of hydrogen-bond acceptors (Lipinski definition) is 6. The number of carbonyl (C=O) groups is 3. The Bertz CT molecular complexity index is 1280. The minimum atomic E-state index is -0.780. The number of esters is 3. The molecule has 71 heavy (non-hydrogen) atoms. The second-order valence-electron chi connectivity index (χ2n) is 20.6. The van der Waals surface area contributed by atoms with E-state index < -0.39 is 6.10 Å². The van der Waals surface area contributed by atoms with Gasteiger partial charge in [-0.05, 0) is 89.9 Å². The predicted octanol–water partition coefficient (Wildman–Crippen LogP) is 20.8. The van der Waals surface area contributed by atoms with Crippen LogP contribution in [0.1, 0.15) is 316 Å². The molecule has 0 aliphatic rings. The Hall–Kier alpha value is -2.89. The van der Waals surface area contributed by atoms with Gasteiger partial charge in [0.15, 0.2) is 6.10 Å². The van der Waals surface area contributed by atoms with Crippen LogP contribution in [0.5, 0.6) is 0 Å². The van der Waals surface area contributed by atoms with Crippen LogP contribution < -0.4 is 0 Å². The highest BCUT2D eigenvalue weighted by Gasteiger charge is 2.19. The Morgan fingerprint density at radius 3 is 0.789 bits per heavy atom. The summed E-state index contributed by atoms with van der Waals surface area (Å²) in [5.41, 5.74) is 0. The van der Waals surface area contributed by atoms with E-state index in [-0.39, 0.29) is 31.1 Å². The van der Waals surface area contributed by atoms with Gasteiger partial charge in [0, 0.05) is 19.3 Å². The van der Waals surface area contributed by atoms with Gasteiger partial charge in [-0.3, -0.25) is 14.4 Å². The van der Waals surface area contributed by atoms with Crippen molar-refractivity contribution in [2.45, 2.75) is 322 Å². The maximum atomic E-state index is 12.9. The minimum Gasteiger partial charge on any atom is -0.462 e. The Morgan fingerprint density at radius 2 is 0.507 bits per heavy atom. The normalized spacial score (nSPS) is 12.4. The zero-order chi connectivity index (χ0) is 51.4. The van der Waals surface area contributed by atoms with Crippen LogP contribution in [0.3, 0.4) is 0 Å². The molecule has 0 bridgehead atoms. The average molecular weight is 994 g/mol. The number of unbranched alkanes of at least 4 members (excludes halogenated alkanes) is 35. The third-order valence-corrected chi connectivity index (χ3v) is 13.5. The van der Waals surface area contributed by atoms with Crippen LogP contribution in [0.25, 0.3) is 0 Å². The molecule has 0 aromatic rings. The van der Waals surface area contributed by atoms with Crippen LogP contribution in [0.2, 0.25) is 0 Å². The summed E-state index contributed by atoms with van der Waals surface area (Å²) in [6.07, 6.45) is 75.1. The van der Waals surface area contributed by atoms with Crippen molar-refractivity contribution in [2.75, 3.05) is 13.2 Å². The Labute approximate surface area is 440 Å². The first-order valence-electron chi connectivity index (χ1n) is 30.8. The van der Waals surface area contributed by atoms with Crippen molar-refractivity contribution in [3.8, 4) is 0 Å². The van der Waals surface area contributed by atoms with Gasteiger partial charge in [-0.2, -0.15) is 0 Å². The van der Waals surface area contributed by atoms with Crippen molar-refractivity contribution in [1.29, 1.82) is 0 Å². The lowest BCUT2D eigenvalue weighted by atomic mass is 10.0. The van der Waals surface area contributed by atoms with Crippen LogP contribution in [-0.4, -0.2) is 37.2 Å². The van der Waals surface area contributed by atoms with Crippen molar-refractivity contribution >= 4 is 17.9 Å². The highest BCUT2D eigenvalue weighted by atomic mass is 16.6. The fraction of sp³-hybridized carbons (Fsp3) is 0.800. The third kappa shape index (κ3) is 57.9. The van der Waals surface area contributed by atoms with Crippen LogP contribution >= 0.6 is 0 Å². The number of hydrogen-bond donors (Lipinski definition) is 0. The van der Waals surface area contributed by atoms with E-state index in [9.17, 15) is 14.4 Å². The first kappa shape index (κ1) is 68.1. The molecule has 6 heteroatoms. The first-order valence-corrected chi connectivity index (χ1v) is 30.8. The molecule has 0 heterocycles. The van der Waals surface area contributed by atoms with E-state index in [1.807, 2.05) is 0 Å². The lowest BCUT2D eigenvalue weighted by Gasteiger charge is -2.18. The molecular formula is C65H116O6. The van der Waals surface area contributed by atoms with Gasteiger partial charge in [-0.1, -0.05) is 268 Å². The molecule has 0 saturated carbocycles. The Morgan fingerprint density at radius 1 is 0.282 bits per heavy atom.